The van der Waals surface area contributed by atoms with Crippen molar-refractivity contribution in [2.24, 2.45) is 5.73 Å². The molecular weight excluding hydrogens is 146 g/mol. The van der Waals surface area contributed by atoms with Gasteiger partial charge in [0.1, 0.15) is 0 Å². The lowest BCUT2D eigenvalue weighted by Crippen LogP contribution is -2.12. The summed E-state index contributed by atoms with van der Waals surface area (Å²) in [4.78, 5) is 12.9. The third-order valence-corrected chi connectivity index (χ3v) is 1.41. The number of nitrogens with zero attached hydrogens (tertiary/aromatic N) is 1. The molecule has 0 aromatic carbocycles. The number of hydrogen-bond donors (Lipinski definition) is 2. The van der Waals surface area contributed by atoms with Crippen LogP contribution in [0.4, 0.5) is 0 Å². The number of nitrogens with one attached hydrogen (secondary N) is 1. The molecule has 1 aromatic heterocycles. The molecule has 1 aromatic rings. The number of aromatic nitrogens is 2. The van der Waals surface area contributed by atoms with E-state index in [1.165, 1.54) is 0 Å². The van der Waals surface area contributed by atoms with E-state index in [9.17, 15) is 4.79 Å². The zero-order valence-corrected chi connectivity index (χ0v) is 6.33. The van der Waals surface area contributed by atoms with Gasteiger partial charge in [0.2, 0.25) is 0 Å². The Morgan fingerprint density at radius 2 is 2.55 bits per heavy atom. The van der Waals surface area contributed by atoms with Gasteiger partial charge in [-0.25, -0.2) is 4.79 Å². The summed E-state index contributed by atoms with van der Waals surface area (Å²) in [6, 6.07) is -0.216. The lowest BCUT2D eigenvalue weighted by atomic mass is 10.2. The highest BCUT2D eigenvalue weighted by molar-refractivity contribution is 4.87. The van der Waals surface area contributed by atoms with E-state index in [1.807, 2.05) is 6.92 Å². The molecule has 5 nitrogen and oxygen atoms in total. The number of aromatic amines is 1. The SMILES string of the molecule is CCCC(N)c1noc(=O)[nH]1. The van der Waals surface area contributed by atoms with Gasteiger partial charge in [-0.15, -0.1) is 0 Å². The highest BCUT2D eigenvalue weighted by atomic mass is 16.5. The van der Waals surface area contributed by atoms with Crippen molar-refractivity contribution >= 4 is 0 Å². The summed E-state index contributed by atoms with van der Waals surface area (Å²) in [5, 5.41) is 3.47. The second kappa shape index (κ2) is 3.34. The van der Waals surface area contributed by atoms with Crippen LogP contribution in [0.1, 0.15) is 31.6 Å². The summed E-state index contributed by atoms with van der Waals surface area (Å²) in [5.41, 5.74) is 5.63. The second-order valence-corrected chi connectivity index (χ2v) is 2.38. The predicted molar refractivity (Wildman–Crippen MR) is 39.0 cm³/mol. The van der Waals surface area contributed by atoms with Crippen molar-refractivity contribution in [1.29, 1.82) is 0 Å². The molecule has 0 radical (unpaired) electrons. The average molecular weight is 157 g/mol. The molecule has 62 valence electrons. The van der Waals surface area contributed by atoms with Crippen LogP contribution in [0.25, 0.3) is 0 Å². The van der Waals surface area contributed by atoms with E-state index in [1.54, 1.807) is 0 Å². The molecule has 0 aliphatic carbocycles. The van der Waals surface area contributed by atoms with Crippen molar-refractivity contribution in [1.82, 2.24) is 10.1 Å². The Morgan fingerprint density at radius 1 is 1.82 bits per heavy atom. The summed E-state index contributed by atoms with van der Waals surface area (Å²) < 4.78 is 4.29. The largest absolute Gasteiger partial charge is 0.438 e. The van der Waals surface area contributed by atoms with Crippen LogP contribution in [0.15, 0.2) is 9.32 Å². The van der Waals surface area contributed by atoms with Crippen molar-refractivity contribution in [3.8, 4) is 0 Å². The lowest BCUT2D eigenvalue weighted by molar-refractivity contribution is 0.376. The maximum absolute atomic E-state index is 10.5. The molecule has 1 heterocycles. The minimum atomic E-state index is -0.549. The molecule has 5 heteroatoms. The molecule has 0 aliphatic rings. The first-order chi connectivity index (χ1) is 5.24. The topological polar surface area (TPSA) is 84.9 Å². The fourth-order valence-electron chi connectivity index (χ4n) is 0.849. The first kappa shape index (κ1) is 8.00. The molecule has 1 atom stereocenters. The standard InChI is InChI=1S/C6H11N3O2/c1-2-3-4(7)5-8-6(10)11-9-5/h4H,2-3,7H2,1H3,(H,8,9,10). The van der Waals surface area contributed by atoms with Crippen LogP contribution < -0.4 is 11.5 Å². The first-order valence-corrected chi connectivity index (χ1v) is 3.55. The summed E-state index contributed by atoms with van der Waals surface area (Å²) >= 11 is 0. The summed E-state index contributed by atoms with van der Waals surface area (Å²) in [7, 11) is 0. The third-order valence-electron chi connectivity index (χ3n) is 1.41. The molecule has 0 fully saturated rings. The van der Waals surface area contributed by atoms with Gasteiger partial charge in [0.15, 0.2) is 5.82 Å². The van der Waals surface area contributed by atoms with Gasteiger partial charge >= 0.3 is 5.76 Å². The van der Waals surface area contributed by atoms with Crippen LogP contribution in [-0.2, 0) is 0 Å². The van der Waals surface area contributed by atoms with E-state index in [0.29, 0.717) is 5.82 Å². The molecular formula is C6H11N3O2. The maximum Gasteiger partial charge on any atom is 0.438 e. The van der Waals surface area contributed by atoms with Gasteiger partial charge in [-0.3, -0.25) is 9.51 Å². The molecule has 0 aliphatic heterocycles. The van der Waals surface area contributed by atoms with Crippen molar-refractivity contribution in [2.75, 3.05) is 0 Å². The van der Waals surface area contributed by atoms with Crippen LogP contribution in [0.3, 0.4) is 0 Å². The molecule has 1 unspecified atom stereocenters. The zero-order chi connectivity index (χ0) is 8.27. The van der Waals surface area contributed by atoms with Crippen molar-refractivity contribution in [3.63, 3.8) is 0 Å². The number of nitrogens with two attached hydrogens (primary N) is 1. The number of rotatable bonds is 3. The summed E-state index contributed by atoms with van der Waals surface area (Å²) in [6.45, 7) is 2.01. The van der Waals surface area contributed by atoms with Crippen LogP contribution in [-0.4, -0.2) is 10.1 Å². The predicted octanol–water partition coefficient (Wildman–Crippen LogP) is 0.163. The van der Waals surface area contributed by atoms with Gasteiger partial charge in [-0.05, 0) is 6.42 Å². The monoisotopic (exact) mass is 157 g/mol. The lowest BCUT2D eigenvalue weighted by Gasteiger charge is -2.02. The zero-order valence-electron chi connectivity index (χ0n) is 6.33. The number of hydrogen-bond acceptors (Lipinski definition) is 4. The van der Waals surface area contributed by atoms with Gasteiger partial charge in [0.05, 0.1) is 6.04 Å². The molecule has 1 rings (SSSR count). The summed E-state index contributed by atoms with van der Waals surface area (Å²) in [5.74, 6) is -0.122. The Balaban J connectivity index is 2.68. The Hall–Kier alpha value is -1.10. The molecule has 0 bridgehead atoms. The van der Waals surface area contributed by atoms with Crippen molar-refractivity contribution < 1.29 is 4.52 Å². The Bertz CT molecular complexity index is 265. The minimum absolute atomic E-state index is 0.216. The molecule has 0 saturated carbocycles. The highest BCUT2D eigenvalue weighted by Gasteiger charge is 2.09. The molecule has 3 N–H and O–H groups in total. The third kappa shape index (κ3) is 1.91. The minimum Gasteiger partial charge on any atom is -0.321 e. The highest BCUT2D eigenvalue weighted by Crippen LogP contribution is 2.08. The Labute approximate surface area is 63.6 Å². The van der Waals surface area contributed by atoms with Crippen LogP contribution in [0.2, 0.25) is 0 Å². The molecule has 0 spiro atoms. The van der Waals surface area contributed by atoms with Gasteiger partial charge in [0.25, 0.3) is 0 Å². The second-order valence-electron chi connectivity index (χ2n) is 2.38. The maximum atomic E-state index is 10.5. The van der Waals surface area contributed by atoms with E-state index in [0.717, 1.165) is 12.8 Å². The van der Waals surface area contributed by atoms with Crippen molar-refractivity contribution in [2.45, 2.75) is 25.8 Å². The molecule has 11 heavy (non-hydrogen) atoms. The molecule has 0 amide bonds. The van der Waals surface area contributed by atoms with Gasteiger partial charge in [-0.2, -0.15) is 0 Å². The molecule has 0 saturated heterocycles. The quantitative estimate of drug-likeness (QED) is 0.654. The van der Waals surface area contributed by atoms with Crippen LogP contribution in [0.5, 0.6) is 0 Å². The fraction of sp³-hybridized carbons (Fsp3) is 0.667. The summed E-state index contributed by atoms with van der Waals surface area (Å²) in [6.07, 6.45) is 1.75. The number of H-pyrrole nitrogens is 1. The average Bonchev–Trinajstić information content (AvgIpc) is 2.36. The van der Waals surface area contributed by atoms with E-state index in [-0.39, 0.29) is 6.04 Å². The van der Waals surface area contributed by atoms with Gasteiger partial charge in [-0.1, -0.05) is 18.5 Å². The Kier molecular flexibility index (Phi) is 2.43. The van der Waals surface area contributed by atoms with E-state index >= 15 is 0 Å². The Morgan fingerprint density at radius 3 is 3.00 bits per heavy atom. The van der Waals surface area contributed by atoms with E-state index in [2.05, 4.69) is 14.7 Å². The smallest absolute Gasteiger partial charge is 0.321 e. The van der Waals surface area contributed by atoms with Crippen LogP contribution in [0, 0.1) is 0 Å². The van der Waals surface area contributed by atoms with Crippen LogP contribution >= 0.6 is 0 Å². The van der Waals surface area contributed by atoms with E-state index in [4.69, 9.17) is 5.73 Å². The normalized spacial score (nSPS) is 13.3. The first-order valence-electron chi connectivity index (χ1n) is 3.55. The fourth-order valence-corrected chi connectivity index (χ4v) is 0.849. The van der Waals surface area contributed by atoms with Gasteiger partial charge in [0, 0.05) is 0 Å². The van der Waals surface area contributed by atoms with Crippen molar-refractivity contribution in [3.05, 3.63) is 16.4 Å². The van der Waals surface area contributed by atoms with Gasteiger partial charge < -0.3 is 5.73 Å². The van der Waals surface area contributed by atoms with E-state index < -0.39 is 5.76 Å².